The van der Waals surface area contributed by atoms with E-state index in [2.05, 4.69) is 25.0 Å². The van der Waals surface area contributed by atoms with Crippen LogP contribution in [0.2, 0.25) is 0 Å². The number of aryl methyl sites for hydroxylation is 1. The molecule has 1 saturated heterocycles. The molecule has 3 aromatic heterocycles. The molecule has 3 aromatic rings. The SMILES string of the molecule is Cc1nc2ccccn2c1-c1cncc(NC2CCCNC2)n1. The number of anilines is 1. The van der Waals surface area contributed by atoms with Gasteiger partial charge in [0.25, 0.3) is 0 Å². The summed E-state index contributed by atoms with van der Waals surface area (Å²) < 4.78 is 2.06. The molecule has 0 aromatic carbocycles. The number of rotatable bonds is 3. The van der Waals surface area contributed by atoms with Crippen LogP contribution in [0.4, 0.5) is 5.82 Å². The number of hydrogen-bond acceptors (Lipinski definition) is 5. The van der Waals surface area contributed by atoms with Crippen molar-refractivity contribution in [2.24, 2.45) is 0 Å². The Morgan fingerprint density at radius 3 is 3.09 bits per heavy atom. The standard InChI is InChI=1S/C17H20N6/c1-12-17(23-8-3-2-6-16(23)20-12)14-10-19-11-15(22-14)21-13-5-4-7-18-9-13/h2-3,6,8,10-11,13,18H,4-5,7,9H2,1H3,(H,21,22). The summed E-state index contributed by atoms with van der Waals surface area (Å²) in [6, 6.07) is 6.41. The van der Waals surface area contributed by atoms with Crippen molar-refractivity contribution in [3.8, 4) is 11.4 Å². The van der Waals surface area contributed by atoms with Crippen molar-refractivity contribution < 1.29 is 0 Å². The fraction of sp³-hybridized carbons (Fsp3) is 0.353. The summed E-state index contributed by atoms with van der Waals surface area (Å²) in [7, 11) is 0. The molecule has 4 rings (SSSR count). The molecule has 1 aliphatic heterocycles. The third kappa shape index (κ3) is 2.77. The fourth-order valence-electron chi connectivity index (χ4n) is 3.16. The maximum absolute atomic E-state index is 4.76. The van der Waals surface area contributed by atoms with Crippen LogP contribution in [0.15, 0.2) is 36.8 Å². The molecule has 0 aliphatic carbocycles. The summed E-state index contributed by atoms with van der Waals surface area (Å²) in [4.78, 5) is 13.7. The zero-order valence-corrected chi connectivity index (χ0v) is 13.2. The van der Waals surface area contributed by atoms with Crippen LogP contribution in [-0.2, 0) is 0 Å². The molecule has 2 N–H and O–H groups in total. The van der Waals surface area contributed by atoms with E-state index in [0.29, 0.717) is 6.04 Å². The average molecular weight is 308 g/mol. The fourth-order valence-corrected chi connectivity index (χ4v) is 3.16. The normalized spacial score (nSPS) is 18.2. The molecule has 1 atom stereocenters. The van der Waals surface area contributed by atoms with Gasteiger partial charge in [-0.1, -0.05) is 6.07 Å². The van der Waals surface area contributed by atoms with Crippen LogP contribution in [-0.4, -0.2) is 38.5 Å². The molecule has 1 aliphatic rings. The van der Waals surface area contributed by atoms with E-state index in [1.165, 1.54) is 6.42 Å². The predicted octanol–water partition coefficient (Wildman–Crippen LogP) is 2.26. The number of nitrogens with one attached hydrogen (secondary N) is 2. The van der Waals surface area contributed by atoms with Gasteiger partial charge in [0.15, 0.2) is 0 Å². The smallest absolute Gasteiger partial charge is 0.145 e. The lowest BCUT2D eigenvalue weighted by molar-refractivity contribution is 0.479. The van der Waals surface area contributed by atoms with Gasteiger partial charge >= 0.3 is 0 Å². The van der Waals surface area contributed by atoms with Crippen LogP contribution < -0.4 is 10.6 Å². The molecule has 0 radical (unpaired) electrons. The molecule has 0 saturated carbocycles. The van der Waals surface area contributed by atoms with E-state index in [4.69, 9.17) is 4.98 Å². The highest BCUT2D eigenvalue weighted by atomic mass is 15.1. The quantitative estimate of drug-likeness (QED) is 0.777. The number of nitrogens with zero attached hydrogens (tertiary/aromatic N) is 4. The lowest BCUT2D eigenvalue weighted by Gasteiger charge is -2.24. The Hall–Kier alpha value is -2.47. The number of aromatic nitrogens is 4. The number of fused-ring (bicyclic) bond motifs is 1. The molecule has 1 unspecified atom stereocenters. The minimum absolute atomic E-state index is 0.414. The lowest BCUT2D eigenvalue weighted by atomic mass is 10.1. The highest BCUT2D eigenvalue weighted by molar-refractivity contribution is 5.64. The third-order valence-electron chi connectivity index (χ3n) is 4.23. The summed E-state index contributed by atoms with van der Waals surface area (Å²) in [5, 5.41) is 6.89. The minimum atomic E-state index is 0.414. The van der Waals surface area contributed by atoms with Crippen LogP contribution in [0.25, 0.3) is 17.0 Å². The Kier molecular flexibility index (Phi) is 3.67. The van der Waals surface area contributed by atoms with Gasteiger partial charge in [0.1, 0.15) is 17.2 Å². The van der Waals surface area contributed by atoms with E-state index in [0.717, 1.165) is 48.1 Å². The first-order chi connectivity index (χ1) is 11.3. The van der Waals surface area contributed by atoms with Crippen molar-refractivity contribution in [1.29, 1.82) is 0 Å². The van der Waals surface area contributed by atoms with E-state index in [1.807, 2.05) is 31.3 Å². The van der Waals surface area contributed by atoms with Gasteiger partial charge in [-0.15, -0.1) is 0 Å². The van der Waals surface area contributed by atoms with Crippen molar-refractivity contribution >= 4 is 11.5 Å². The summed E-state index contributed by atoms with van der Waals surface area (Å²) in [6.07, 6.45) is 7.95. The Morgan fingerprint density at radius 1 is 1.26 bits per heavy atom. The molecule has 1 fully saturated rings. The van der Waals surface area contributed by atoms with Crippen molar-refractivity contribution in [1.82, 2.24) is 24.7 Å². The Labute approximate surface area is 135 Å². The zero-order valence-electron chi connectivity index (χ0n) is 13.2. The molecular formula is C17H20N6. The molecule has 23 heavy (non-hydrogen) atoms. The van der Waals surface area contributed by atoms with Crippen molar-refractivity contribution in [2.45, 2.75) is 25.8 Å². The first-order valence-corrected chi connectivity index (χ1v) is 8.04. The minimum Gasteiger partial charge on any atom is -0.365 e. The van der Waals surface area contributed by atoms with Crippen LogP contribution in [0, 0.1) is 6.92 Å². The second-order valence-corrected chi connectivity index (χ2v) is 5.95. The number of piperidine rings is 1. The Balaban J connectivity index is 1.68. The topological polar surface area (TPSA) is 67.1 Å². The van der Waals surface area contributed by atoms with Gasteiger partial charge in [-0.05, 0) is 38.4 Å². The van der Waals surface area contributed by atoms with E-state index >= 15 is 0 Å². The van der Waals surface area contributed by atoms with Crippen LogP contribution in [0.1, 0.15) is 18.5 Å². The van der Waals surface area contributed by atoms with Crippen molar-refractivity contribution in [2.75, 3.05) is 18.4 Å². The number of pyridine rings is 1. The first kappa shape index (κ1) is 14.1. The highest BCUT2D eigenvalue weighted by Gasteiger charge is 2.15. The molecule has 0 amide bonds. The monoisotopic (exact) mass is 308 g/mol. The number of imidazole rings is 1. The molecule has 4 heterocycles. The summed E-state index contributed by atoms with van der Waals surface area (Å²) in [6.45, 7) is 4.08. The maximum Gasteiger partial charge on any atom is 0.145 e. The third-order valence-corrected chi connectivity index (χ3v) is 4.23. The predicted molar refractivity (Wildman–Crippen MR) is 90.5 cm³/mol. The number of hydrogen-bond donors (Lipinski definition) is 2. The largest absolute Gasteiger partial charge is 0.365 e. The lowest BCUT2D eigenvalue weighted by Crippen LogP contribution is -2.38. The van der Waals surface area contributed by atoms with E-state index in [1.54, 1.807) is 12.4 Å². The van der Waals surface area contributed by atoms with E-state index in [9.17, 15) is 0 Å². The van der Waals surface area contributed by atoms with Gasteiger partial charge in [0.2, 0.25) is 0 Å². The molecular weight excluding hydrogens is 288 g/mol. The average Bonchev–Trinajstić information content (AvgIpc) is 2.92. The van der Waals surface area contributed by atoms with Gasteiger partial charge in [-0.3, -0.25) is 9.38 Å². The Bertz CT molecular complexity index is 819. The second-order valence-electron chi connectivity index (χ2n) is 5.95. The van der Waals surface area contributed by atoms with Crippen molar-refractivity contribution in [3.05, 3.63) is 42.5 Å². The molecule has 6 nitrogen and oxygen atoms in total. The van der Waals surface area contributed by atoms with Gasteiger partial charge in [0.05, 0.1) is 23.8 Å². The summed E-state index contributed by atoms with van der Waals surface area (Å²) >= 11 is 0. The maximum atomic E-state index is 4.76. The van der Waals surface area contributed by atoms with Crippen LogP contribution in [0.3, 0.4) is 0 Å². The molecule has 6 heteroatoms. The van der Waals surface area contributed by atoms with Crippen LogP contribution >= 0.6 is 0 Å². The zero-order chi connectivity index (χ0) is 15.6. The van der Waals surface area contributed by atoms with Gasteiger partial charge in [0, 0.05) is 18.8 Å². The highest BCUT2D eigenvalue weighted by Crippen LogP contribution is 2.23. The molecule has 0 spiro atoms. The molecule has 0 bridgehead atoms. The van der Waals surface area contributed by atoms with Crippen LogP contribution in [0.5, 0.6) is 0 Å². The van der Waals surface area contributed by atoms with Gasteiger partial charge in [-0.2, -0.15) is 0 Å². The van der Waals surface area contributed by atoms with E-state index < -0.39 is 0 Å². The second kappa shape index (κ2) is 5.96. The first-order valence-electron chi connectivity index (χ1n) is 8.04. The summed E-state index contributed by atoms with van der Waals surface area (Å²) in [5.41, 5.74) is 3.73. The summed E-state index contributed by atoms with van der Waals surface area (Å²) in [5.74, 6) is 0.821. The Morgan fingerprint density at radius 2 is 2.22 bits per heavy atom. The van der Waals surface area contributed by atoms with E-state index in [-0.39, 0.29) is 0 Å². The van der Waals surface area contributed by atoms with Crippen molar-refractivity contribution in [3.63, 3.8) is 0 Å². The molecule has 118 valence electrons. The van der Waals surface area contributed by atoms with Gasteiger partial charge in [-0.25, -0.2) is 9.97 Å². The van der Waals surface area contributed by atoms with Gasteiger partial charge < -0.3 is 10.6 Å².